The highest BCUT2D eigenvalue weighted by Crippen LogP contribution is 2.40. The Hall–Kier alpha value is -4.33. The quantitative estimate of drug-likeness (QED) is 0.241. The summed E-state index contributed by atoms with van der Waals surface area (Å²) in [5.74, 6) is 4.95. The number of hydrogen-bond donors (Lipinski definition) is 3. The molecule has 0 amide bonds. The maximum Gasteiger partial charge on any atom is 0.335 e. The number of carboxylic acid groups (broad SMARTS) is 1. The molecule has 0 saturated heterocycles. The van der Waals surface area contributed by atoms with E-state index in [0.29, 0.717) is 17.7 Å². The first-order chi connectivity index (χ1) is 18.1. The Morgan fingerprint density at radius 3 is 2.18 bits per heavy atom. The number of nitrogens with one attached hydrogen (secondary N) is 1. The third-order valence-corrected chi connectivity index (χ3v) is 6.44. The molecule has 0 radical (unpaired) electrons. The third-order valence-electron chi connectivity index (χ3n) is 6.44. The van der Waals surface area contributed by atoms with Crippen molar-refractivity contribution >= 4 is 11.7 Å². The molecule has 4 heteroatoms. The molecule has 4 aromatic carbocycles. The summed E-state index contributed by atoms with van der Waals surface area (Å²) in [4.78, 5) is 11.1. The molecule has 1 atom stereocenters. The van der Waals surface area contributed by atoms with E-state index in [9.17, 15) is 9.90 Å². The second-order valence-corrected chi connectivity index (χ2v) is 10.5. The van der Waals surface area contributed by atoms with Gasteiger partial charge in [-0.25, -0.2) is 4.79 Å². The molecule has 38 heavy (non-hydrogen) atoms. The van der Waals surface area contributed by atoms with Crippen LogP contribution in [0, 0.1) is 18.8 Å². The van der Waals surface area contributed by atoms with E-state index in [-0.39, 0.29) is 11.0 Å². The topological polar surface area (TPSA) is 69.6 Å². The molecule has 4 nitrogen and oxygen atoms in total. The zero-order chi connectivity index (χ0) is 27.3. The first-order valence-corrected chi connectivity index (χ1v) is 12.7. The molecule has 0 heterocycles. The van der Waals surface area contributed by atoms with Crippen LogP contribution in [-0.4, -0.2) is 16.2 Å². The molecule has 4 aromatic rings. The van der Waals surface area contributed by atoms with E-state index >= 15 is 0 Å². The van der Waals surface area contributed by atoms with Gasteiger partial charge >= 0.3 is 5.97 Å². The lowest BCUT2D eigenvalue weighted by atomic mass is 9.81. The Balaban J connectivity index is 1.78. The van der Waals surface area contributed by atoms with Gasteiger partial charge in [0.1, 0.15) is 6.10 Å². The Labute approximate surface area is 225 Å². The van der Waals surface area contributed by atoms with Gasteiger partial charge in [0.05, 0.1) is 5.56 Å². The average molecular weight is 504 g/mol. The van der Waals surface area contributed by atoms with Crippen molar-refractivity contribution in [2.75, 3.05) is 5.32 Å². The van der Waals surface area contributed by atoms with Crippen LogP contribution in [-0.2, 0) is 12.0 Å². The van der Waals surface area contributed by atoms with Crippen molar-refractivity contribution in [2.45, 2.75) is 45.8 Å². The number of aryl methyl sites for hydroxylation is 1. The molecule has 0 aliphatic rings. The summed E-state index contributed by atoms with van der Waals surface area (Å²) in [6, 6.07) is 29.1. The summed E-state index contributed by atoms with van der Waals surface area (Å²) in [6.45, 7) is 9.25. The summed E-state index contributed by atoms with van der Waals surface area (Å²) in [6.07, 6.45) is -1.01. The van der Waals surface area contributed by atoms with Crippen molar-refractivity contribution in [1.29, 1.82) is 0 Å². The fourth-order valence-electron chi connectivity index (χ4n) is 4.28. The fourth-order valence-corrected chi connectivity index (χ4v) is 4.28. The first-order valence-electron chi connectivity index (χ1n) is 12.7. The number of carboxylic acids is 1. The molecule has 0 saturated carbocycles. The average Bonchev–Trinajstić information content (AvgIpc) is 2.91. The number of aromatic carboxylic acids is 1. The van der Waals surface area contributed by atoms with Crippen LogP contribution in [0.5, 0.6) is 0 Å². The largest absolute Gasteiger partial charge is 0.478 e. The molecule has 0 bridgehead atoms. The highest BCUT2D eigenvalue weighted by Gasteiger charge is 2.24. The monoisotopic (exact) mass is 503 g/mol. The number of rotatable bonds is 6. The van der Waals surface area contributed by atoms with Crippen LogP contribution in [0.15, 0.2) is 91.0 Å². The summed E-state index contributed by atoms with van der Waals surface area (Å²) >= 11 is 0. The lowest BCUT2D eigenvalue weighted by molar-refractivity contribution is 0.0697. The van der Waals surface area contributed by atoms with Crippen LogP contribution < -0.4 is 5.32 Å². The molecular formula is C34H33NO3. The van der Waals surface area contributed by atoms with E-state index in [1.807, 2.05) is 30.3 Å². The van der Waals surface area contributed by atoms with Gasteiger partial charge in [0.2, 0.25) is 0 Å². The van der Waals surface area contributed by atoms with E-state index in [4.69, 9.17) is 5.11 Å². The van der Waals surface area contributed by atoms with Gasteiger partial charge in [0.15, 0.2) is 0 Å². The molecule has 3 N–H and O–H groups in total. The van der Waals surface area contributed by atoms with Crippen molar-refractivity contribution in [3.63, 3.8) is 0 Å². The minimum Gasteiger partial charge on any atom is -0.478 e. The molecule has 0 spiro atoms. The van der Waals surface area contributed by atoms with Crippen LogP contribution in [0.1, 0.15) is 65.1 Å². The van der Waals surface area contributed by atoms with Crippen LogP contribution in [0.4, 0.5) is 5.69 Å². The predicted octanol–water partition coefficient (Wildman–Crippen LogP) is 7.35. The zero-order valence-corrected chi connectivity index (χ0v) is 22.2. The van der Waals surface area contributed by atoms with Crippen LogP contribution in [0.2, 0.25) is 0 Å². The van der Waals surface area contributed by atoms with Crippen LogP contribution in [0.3, 0.4) is 0 Å². The first kappa shape index (κ1) is 26.7. The number of benzene rings is 4. The van der Waals surface area contributed by atoms with Crippen molar-refractivity contribution in [3.05, 3.63) is 124 Å². The fraction of sp³-hybridized carbons (Fsp3) is 0.206. The highest BCUT2D eigenvalue weighted by molar-refractivity contribution is 5.87. The number of aliphatic hydroxyl groups excluding tert-OH is 1. The van der Waals surface area contributed by atoms with E-state index < -0.39 is 12.1 Å². The normalized spacial score (nSPS) is 11.8. The van der Waals surface area contributed by atoms with Crippen LogP contribution in [0.25, 0.3) is 11.1 Å². The van der Waals surface area contributed by atoms with E-state index in [1.165, 1.54) is 23.3 Å². The number of anilines is 1. The summed E-state index contributed by atoms with van der Waals surface area (Å²) in [7, 11) is 0. The Kier molecular flexibility index (Phi) is 8.00. The minimum atomic E-state index is -1.01. The van der Waals surface area contributed by atoms with Gasteiger partial charge in [-0.3, -0.25) is 0 Å². The van der Waals surface area contributed by atoms with Gasteiger partial charge in [-0.05, 0) is 71.0 Å². The van der Waals surface area contributed by atoms with E-state index in [0.717, 1.165) is 22.4 Å². The molecule has 0 fully saturated rings. The molecule has 192 valence electrons. The predicted molar refractivity (Wildman–Crippen MR) is 154 cm³/mol. The maximum absolute atomic E-state index is 11.1. The molecular weight excluding hydrogens is 470 g/mol. The maximum atomic E-state index is 11.1. The van der Waals surface area contributed by atoms with Crippen molar-refractivity contribution in [1.82, 2.24) is 0 Å². The number of hydrogen-bond acceptors (Lipinski definition) is 3. The Morgan fingerprint density at radius 1 is 0.921 bits per heavy atom. The van der Waals surface area contributed by atoms with Gasteiger partial charge in [-0.1, -0.05) is 92.8 Å². The Bertz CT molecular complexity index is 1470. The van der Waals surface area contributed by atoms with E-state index in [2.05, 4.69) is 81.3 Å². The van der Waals surface area contributed by atoms with E-state index in [1.54, 1.807) is 12.1 Å². The zero-order valence-electron chi connectivity index (χ0n) is 22.2. The number of aliphatic hydroxyl groups is 1. The van der Waals surface area contributed by atoms with Crippen molar-refractivity contribution < 1.29 is 15.0 Å². The summed E-state index contributed by atoms with van der Waals surface area (Å²) in [5.41, 5.74) is 7.92. The van der Waals surface area contributed by atoms with Crippen molar-refractivity contribution in [2.24, 2.45) is 0 Å². The Morgan fingerprint density at radius 2 is 1.58 bits per heavy atom. The third kappa shape index (κ3) is 6.51. The molecule has 0 aromatic heterocycles. The van der Waals surface area contributed by atoms with Gasteiger partial charge in [-0.2, -0.15) is 0 Å². The molecule has 0 aliphatic carbocycles. The second kappa shape index (κ2) is 11.4. The molecule has 1 unspecified atom stereocenters. The SMILES string of the molecule is Cc1ccc(-c2cc(C(O)C#Cc3ccc(C(=O)O)cc3)cc(C(C)(C)C)c2NCc2ccccc2)cc1. The summed E-state index contributed by atoms with van der Waals surface area (Å²) in [5, 5.41) is 23.9. The minimum absolute atomic E-state index is 0.200. The second-order valence-electron chi connectivity index (χ2n) is 10.5. The van der Waals surface area contributed by atoms with Gasteiger partial charge in [-0.15, -0.1) is 0 Å². The van der Waals surface area contributed by atoms with Crippen LogP contribution >= 0.6 is 0 Å². The molecule has 4 rings (SSSR count). The van der Waals surface area contributed by atoms with Gasteiger partial charge in [0, 0.05) is 23.4 Å². The smallest absolute Gasteiger partial charge is 0.335 e. The summed E-state index contributed by atoms with van der Waals surface area (Å²) < 4.78 is 0. The van der Waals surface area contributed by atoms with Crippen molar-refractivity contribution in [3.8, 4) is 23.0 Å². The molecule has 0 aliphatic heterocycles. The van der Waals surface area contributed by atoms with Gasteiger partial charge < -0.3 is 15.5 Å². The standard InChI is InChI=1S/C34H33NO3/c1-23-10-15-26(16-11-23)29-20-28(31(36)19-14-24-12-17-27(18-13-24)33(37)38)21-30(34(2,3)4)32(29)35-22-25-8-6-5-7-9-25/h5-13,15-18,20-21,31,35-36H,22H2,1-4H3,(H,37,38). The van der Waals surface area contributed by atoms with Gasteiger partial charge in [0.25, 0.3) is 0 Å². The highest BCUT2D eigenvalue weighted by atomic mass is 16.4. The lowest BCUT2D eigenvalue weighted by Gasteiger charge is -2.28. The number of carbonyl (C=O) groups is 1. The lowest BCUT2D eigenvalue weighted by Crippen LogP contribution is -2.17.